The summed E-state index contributed by atoms with van der Waals surface area (Å²) in [5.41, 5.74) is 2.36. The molecule has 0 spiro atoms. The van der Waals surface area contributed by atoms with Gasteiger partial charge in [-0.15, -0.1) is 0 Å². The average Bonchev–Trinajstić information content (AvgIpc) is 2.98. The third-order valence-electron chi connectivity index (χ3n) is 8.62. The molecule has 3 N–H and O–H groups in total. The zero-order valence-corrected chi connectivity index (χ0v) is 25.4. The molecular weight excluding hydrogens is 578 g/mol. The van der Waals surface area contributed by atoms with Crippen molar-refractivity contribution >= 4 is 40.6 Å². The molecule has 0 saturated heterocycles. The van der Waals surface area contributed by atoms with Gasteiger partial charge in [0.1, 0.15) is 0 Å². The van der Waals surface area contributed by atoms with Crippen molar-refractivity contribution in [1.82, 2.24) is 4.90 Å². The van der Waals surface area contributed by atoms with Crippen LogP contribution >= 0.6 is 0 Å². The topological polar surface area (TPSA) is 159 Å². The van der Waals surface area contributed by atoms with Crippen molar-refractivity contribution in [3.8, 4) is 0 Å². The minimum absolute atomic E-state index is 0.0578. The summed E-state index contributed by atoms with van der Waals surface area (Å²) in [6.45, 7) is 3.73. The third-order valence-corrected chi connectivity index (χ3v) is 8.62. The highest BCUT2D eigenvalue weighted by molar-refractivity contribution is 6.06. The van der Waals surface area contributed by atoms with E-state index < -0.39 is 59.7 Å². The van der Waals surface area contributed by atoms with Gasteiger partial charge in [0.05, 0.1) is 29.2 Å². The summed E-state index contributed by atoms with van der Waals surface area (Å²) in [4.78, 5) is 65.0. The first-order valence-electron chi connectivity index (χ1n) is 15.3. The number of unbranched alkanes of at least 4 members (excludes halogenated alkanes) is 2. The van der Waals surface area contributed by atoms with Crippen molar-refractivity contribution in [2.24, 2.45) is 23.7 Å². The van der Waals surface area contributed by atoms with E-state index in [9.17, 15) is 39.3 Å². The van der Waals surface area contributed by atoms with Gasteiger partial charge in [0.2, 0.25) is 5.91 Å². The second-order valence-corrected chi connectivity index (χ2v) is 11.6. The van der Waals surface area contributed by atoms with Crippen LogP contribution < -0.4 is 0 Å². The summed E-state index contributed by atoms with van der Waals surface area (Å²) in [6.07, 6.45) is 2.54. The molecule has 1 unspecified atom stereocenters. The molecule has 1 aliphatic carbocycles. The van der Waals surface area contributed by atoms with Gasteiger partial charge in [-0.2, -0.15) is 0 Å². The fourth-order valence-electron chi connectivity index (χ4n) is 6.44. The average molecular weight is 618 g/mol. The molecule has 0 aliphatic heterocycles. The lowest BCUT2D eigenvalue weighted by atomic mass is 9.56. The van der Waals surface area contributed by atoms with Crippen LogP contribution in [0, 0.1) is 30.6 Å². The Kier molecular flexibility index (Phi) is 10.9. The SMILES string of the molecule is CCCN(C(=O)C1[C@H](C(=O)O)C(C(=O)O)[C@H]1C(=O)O)C(CCCCCc1ccccc1)OC(=O)c1cccc2cccc(C)c12. The maximum atomic E-state index is 14.0. The highest BCUT2D eigenvalue weighted by Gasteiger charge is 2.65. The molecule has 0 bridgehead atoms. The first-order valence-corrected chi connectivity index (χ1v) is 15.3. The molecule has 238 valence electrons. The molecule has 1 fully saturated rings. The number of aryl methyl sites for hydroxylation is 2. The fourth-order valence-corrected chi connectivity index (χ4v) is 6.44. The van der Waals surface area contributed by atoms with Crippen LogP contribution in [0.2, 0.25) is 0 Å². The number of hydrogen-bond acceptors (Lipinski definition) is 6. The molecule has 45 heavy (non-hydrogen) atoms. The van der Waals surface area contributed by atoms with E-state index in [-0.39, 0.29) is 13.0 Å². The van der Waals surface area contributed by atoms with Crippen LogP contribution in [0.4, 0.5) is 0 Å². The summed E-state index contributed by atoms with van der Waals surface area (Å²) in [5.74, 6) is -13.0. The van der Waals surface area contributed by atoms with Gasteiger partial charge in [-0.3, -0.25) is 19.2 Å². The van der Waals surface area contributed by atoms with Gasteiger partial charge < -0.3 is 25.0 Å². The minimum Gasteiger partial charge on any atom is -0.481 e. The lowest BCUT2D eigenvalue weighted by Gasteiger charge is -2.46. The highest BCUT2D eigenvalue weighted by atomic mass is 16.6. The Morgan fingerprint density at radius 2 is 1.36 bits per heavy atom. The molecule has 4 rings (SSSR count). The van der Waals surface area contributed by atoms with Crippen LogP contribution in [-0.4, -0.2) is 62.8 Å². The molecule has 3 aromatic rings. The van der Waals surface area contributed by atoms with Crippen LogP contribution in [0.5, 0.6) is 0 Å². The maximum Gasteiger partial charge on any atom is 0.340 e. The van der Waals surface area contributed by atoms with E-state index in [2.05, 4.69) is 0 Å². The molecule has 0 radical (unpaired) electrons. The predicted octanol–water partition coefficient (Wildman–Crippen LogP) is 5.41. The van der Waals surface area contributed by atoms with Crippen molar-refractivity contribution < 1.29 is 44.0 Å². The number of hydrogen-bond donors (Lipinski definition) is 3. The Morgan fingerprint density at radius 3 is 1.96 bits per heavy atom. The largest absolute Gasteiger partial charge is 0.481 e. The number of carbonyl (C=O) groups is 5. The van der Waals surface area contributed by atoms with Crippen molar-refractivity contribution in [2.75, 3.05) is 6.54 Å². The molecule has 1 aliphatic rings. The van der Waals surface area contributed by atoms with Gasteiger partial charge in [0, 0.05) is 13.0 Å². The zero-order valence-electron chi connectivity index (χ0n) is 25.4. The number of rotatable bonds is 15. The summed E-state index contributed by atoms with van der Waals surface area (Å²) in [6, 6.07) is 20.9. The van der Waals surface area contributed by atoms with Crippen LogP contribution in [0.25, 0.3) is 10.8 Å². The van der Waals surface area contributed by atoms with E-state index in [0.717, 1.165) is 30.2 Å². The molecule has 3 atom stereocenters. The smallest absolute Gasteiger partial charge is 0.340 e. The van der Waals surface area contributed by atoms with E-state index in [1.165, 1.54) is 10.5 Å². The molecule has 3 aromatic carbocycles. The van der Waals surface area contributed by atoms with E-state index in [0.29, 0.717) is 23.8 Å². The second kappa shape index (κ2) is 14.8. The van der Waals surface area contributed by atoms with E-state index >= 15 is 0 Å². The molecule has 1 saturated carbocycles. The lowest BCUT2D eigenvalue weighted by molar-refractivity contribution is -0.192. The number of carbonyl (C=O) groups excluding carboxylic acids is 2. The lowest BCUT2D eigenvalue weighted by Crippen LogP contribution is -2.63. The first-order chi connectivity index (χ1) is 21.6. The van der Waals surface area contributed by atoms with Crippen LogP contribution in [0.1, 0.15) is 60.5 Å². The van der Waals surface area contributed by atoms with Gasteiger partial charge in [-0.25, -0.2) is 4.79 Å². The number of carboxylic acid groups (broad SMARTS) is 3. The highest BCUT2D eigenvalue weighted by Crippen LogP contribution is 2.48. The quantitative estimate of drug-likeness (QED) is 0.115. The fraction of sp³-hybridized carbons (Fsp3) is 0.400. The number of aliphatic carboxylic acids is 3. The Morgan fingerprint density at radius 1 is 0.756 bits per heavy atom. The van der Waals surface area contributed by atoms with Gasteiger partial charge in [-0.1, -0.05) is 74.0 Å². The van der Waals surface area contributed by atoms with Gasteiger partial charge >= 0.3 is 23.9 Å². The minimum atomic E-state index is -1.75. The Bertz CT molecular complexity index is 1530. The van der Waals surface area contributed by atoms with E-state index in [4.69, 9.17) is 4.74 Å². The first kappa shape index (κ1) is 33.2. The van der Waals surface area contributed by atoms with Gasteiger partial charge in [-0.05, 0) is 60.6 Å². The van der Waals surface area contributed by atoms with E-state index in [1.54, 1.807) is 19.1 Å². The zero-order chi connectivity index (χ0) is 32.7. The molecule has 1 amide bonds. The standard InChI is InChI=1S/C35H39NO9/c1-3-20-36(31(37)27-28(32(38)39)30(34(42)43)29(27)33(40)41)25(19-9-5-8-15-22-13-6-4-7-14-22)45-35(44)24-18-11-17-23-16-10-12-21(2)26(23)24/h4,6-7,10-14,16-18,25,27-30H,3,5,8-9,15,19-20H2,1-2H3,(H,38,39)(H,40,41)(H,42,43)/t25?,27?,28-,29-,30?/m0/s1. The summed E-state index contributed by atoms with van der Waals surface area (Å²) < 4.78 is 6.04. The van der Waals surface area contributed by atoms with Crippen LogP contribution in [-0.2, 0) is 30.3 Å². The summed E-state index contributed by atoms with van der Waals surface area (Å²) >= 11 is 0. The molecule has 0 aromatic heterocycles. The van der Waals surface area contributed by atoms with Crippen LogP contribution in [0.15, 0.2) is 66.7 Å². The Labute approximate surface area is 261 Å². The number of ether oxygens (including phenoxy) is 1. The van der Waals surface area contributed by atoms with Crippen molar-refractivity contribution in [3.05, 3.63) is 83.4 Å². The van der Waals surface area contributed by atoms with Crippen molar-refractivity contribution in [2.45, 2.75) is 58.6 Å². The summed E-state index contributed by atoms with van der Waals surface area (Å²) in [5, 5.41) is 30.8. The Balaban J connectivity index is 1.63. The molecule has 0 heterocycles. The number of nitrogens with zero attached hydrogens (tertiary/aromatic N) is 1. The maximum absolute atomic E-state index is 14.0. The third kappa shape index (κ3) is 7.33. The van der Waals surface area contributed by atoms with Gasteiger partial charge in [0.25, 0.3) is 0 Å². The molecule has 10 nitrogen and oxygen atoms in total. The second-order valence-electron chi connectivity index (χ2n) is 11.6. The number of esters is 1. The summed E-state index contributed by atoms with van der Waals surface area (Å²) in [7, 11) is 0. The number of amides is 1. The number of carboxylic acids is 3. The molecular formula is C35H39NO9. The Hall–Kier alpha value is -4.73. The number of fused-ring (bicyclic) bond motifs is 1. The molecule has 10 heteroatoms. The predicted molar refractivity (Wildman–Crippen MR) is 165 cm³/mol. The van der Waals surface area contributed by atoms with Crippen LogP contribution in [0.3, 0.4) is 0 Å². The monoisotopic (exact) mass is 617 g/mol. The number of benzene rings is 3. The van der Waals surface area contributed by atoms with Crippen molar-refractivity contribution in [1.29, 1.82) is 0 Å². The normalized spacial score (nSPS) is 19.7. The van der Waals surface area contributed by atoms with E-state index in [1.807, 2.05) is 61.5 Å². The van der Waals surface area contributed by atoms with Crippen molar-refractivity contribution in [3.63, 3.8) is 0 Å². The van der Waals surface area contributed by atoms with Gasteiger partial charge in [0.15, 0.2) is 6.23 Å².